The van der Waals surface area contributed by atoms with Crippen LogP contribution in [0.5, 0.6) is 0 Å². The van der Waals surface area contributed by atoms with E-state index in [4.69, 9.17) is 9.47 Å². The predicted octanol–water partition coefficient (Wildman–Crippen LogP) is 2.64. The number of rotatable bonds is 7. The fourth-order valence-corrected chi connectivity index (χ4v) is 4.01. The Morgan fingerprint density at radius 2 is 1.32 bits per heavy atom. The van der Waals surface area contributed by atoms with Crippen molar-refractivity contribution >= 4 is 17.8 Å². The van der Waals surface area contributed by atoms with Gasteiger partial charge in [-0.2, -0.15) is 0 Å². The summed E-state index contributed by atoms with van der Waals surface area (Å²) in [4.78, 5) is 42.3. The van der Waals surface area contributed by atoms with Gasteiger partial charge in [-0.1, -0.05) is 36.4 Å². The van der Waals surface area contributed by atoms with Crippen molar-refractivity contribution in [1.29, 1.82) is 0 Å². The number of hydrogen-bond acceptors (Lipinski definition) is 7. The van der Waals surface area contributed by atoms with Gasteiger partial charge in [0.05, 0.1) is 17.2 Å². The highest BCUT2D eigenvalue weighted by atomic mass is 16.6. The van der Waals surface area contributed by atoms with E-state index < -0.39 is 36.1 Å². The molecule has 4 atom stereocenters. The molecule has 8 heteroatoms. The van der Waals surface area contributed by atoms with Gasteiger partial charge in [0.15, 0.2) is 6.10 Å². The molecule has 0 saturated heterocycles. The molecule has 0 bridgehead atoms. The van der Waals surface area contributed by atoms with Crippen LogP contribution in [0.4, 0.5) is 0 Å². The molecule has 174 valence electrons. The summed E-state index contributed by atoms with van der Waals surface area (Å²) in [5.74, 6) is -2.15. The molecule has 4 rings (SSSR count). The maximum atomic E-state index is 12.9. The number of pyridine rings is 1. The minimum absolute atomic E-state index is 0.257. The highest BCUT2D eigenvalue weighted by Gasteiger charge is 2.48. The van der Waals surface area contributed by atoms with Crippen molar-refractivity contribution in [2.24, 2.45) is 5.92 Å². The van der Waals surface area contributed by atoms with Gasteiger partial charge in [-0.15, -0.1) is 0 Å². The molecule has 0 aliphatic heterocycles. The predicted molar refractivity (Wildman–Crippen MR) is 122 cm³/mol. The summed E-state index contributed by atoms with van der Waals surface area (Å²) in [5, 5.41) is 12.9. The van der Waals surface area contributed by atoms with Crippen LogP contribution in [0, 0.1) is 5.92 Å². The minimum Gasteiger partial charge on any atom is -0.454 e. The van der Waals surface area contributed by atoms with Crippen LogP contribution in [-0.2, 0) is 9.47 Å². The lowest BCUT2D eigenvalue weighted by molar-refractivity contribution is -0.0448. The summed E-state index contributed by atoms with van der Waals surface area (Å²) in [7, 11) is 0. The van der Waals surface area contributed by atoms with E-state index in [0.29, 0.717) is 16.7 Å². The van der Waals surface area contributed by atoms with E-state index in [1.165, 1.54) is 12.4 Å². The summed E-state index contributed by atoms with van der Waals surface area (Å²) in [6, 6.07) is 19.3. The van der Waals surface area contributed by atoms with E-state index in [9.17, 15) is 19.5 Å². The van der Waals surface area contributed by atoms with Gasteiger partial charge in [0.2, 0.25) is 0 Å². The first-order valence-corrected chi connectivity index (χ1v) is 10.9. The van der Waals surface area contributed by atoms with Crippen molar-refractivity contribution < 1.29 is 29.0 Å². The molecule has 8 nitrogen and oxygen atoms in total. The van der Waals surface area contributed by atoms with E-state index >= 15 is 0 Å². The van der Waals surface area contributed by atoms with Crippen LogP contribution in [0.2, 0.25) is 0 Å². The van der Waals surface area contributed by atoms with Gasteiger partial charge in [-0.05, 0) is 42.8 Å². The Hall–Kier alpha value is -4.04. The van der Waals surface area contributed by atoms with Crippen LogP contribution >= 0.6 is 0 Å². The maximum absolute atomic E-state index is 12.9. The highest BCUT2D eigenvalue weighted by molar-refractivity contribution is 5.94. The van der Waals surface area contributed by atoms with Crippen LogP contribution in [0.25, 0.3) is 0 Å². The average molecular weight is 460 g/mol. The number of carbonyl (C=O) groups excluding carboxylic acids is 3. The van der Waals surface area contributed by atoms with E-state index in [1.54, 1.807) is 72.8 Å². The van der Waals surface area contributed by atoms with Gasteiger partial charge < -0.3 is 19.9 Å². The topological polar surface area (TPSA) is 115 Å². The molecular formula is C26H24N2O6. The molecule has 3 aromatic rings. The molecule has 0 radical (unpaired) electrons. The van der Waals surface area contributed by atoms with Gasteiger partial charge >= 0.3 is 11.9 Å². The first kappa shape index (κ1) is 23.1. The number of esters is 2. The molecule has 2 N–H and O–H groups in total. The lowest BCUT2D eigenvalue weighted by atomic mass is 10.1. The Morgan fingerprint density at radius 3 is 1.85 bits per heavy atom. The Labute approximate surface area is 196 Å². The summed E-state index contributed by atoms with van der Waals surface area (Å²) in [6.45, 7) is -0.312. The number of carbonyl (C=O) groups is 3. The second-order valence-electron chi connectivity index (χ2n) is 7.97. The monoisotopic (exact) mass is 460 g/mol. The SMILES string of the molecule is O=C(N[C@@H]1C[C@H](CO)[C@@H](OC(=O)c2ccccc2)[C@H]1OC(=O)c1ccccc1)c1ccncc1. The highest BCUT2D eigenvalue weighted by Crippen LogP contribution is 2.33. The number of aliphatic hydroxyl groups excluding tert-OH is 1. The number of ether oxygens (including phenoxy) is 2. The van der Waals surface area contributed by atoms with Crippen LogP contribution in [0.15, 0.2) is 85.2 Å². The first-order valence-electron chi connectivity index (χ1n) is 10.9. The zero-order valence-corrected chi connectivity index (χ0v) is 18.2. The average Bonchev–Trinajstić information content (AvgIpc) is 3.20. The van der Waals surface area contributed by atoms with Crippen molar-refractivity contribution in [2.45, 2.75) is 24.7 Å². The third-order valence-corrected chi connectivity index (χ3v) is 5.74. The van der Waals surface area contributed by atoms with Crippen molar-refractivity contribution in [3.63, 3.8) is 0 Å². The second kappa shape index (κ2) is 10.7. The van der Waals surface area contributed by atoms with E-state index in [2.05, 4.69) is 10.3 Å². The Kier molecular flexibility index (Phi) is 7.29. The van der Waals surface area contributed by atoms with E-state index in [-0.39, 0.29) is 18.9 Å². The number of hydrogen-bond donors (Lipinski definition) is 2. The smallest absolute Gasteiger partial charge is 0.338 e. The van der Waals surface area contributed by atoms with Gasteiger partial charge in [0, 0.05) is 30.5 Å². The van der Waals surface area contributed by atoms with Crippen LogP contribution in [-0.4, -0.2) is 52.8 Å². The molecule has 2 aromatic carbocycles. The number of benzene rings is 2. The first-order chi connectivity index (χ1) is 16.6. The lowest BCUT2D eigenvalue weighted by Crippen LogP contribution is -2.47. The Morgan fingerprint density at radius 1 is 0.794 bits per heavy atom. The summed E-state index contributed by atoms with van der Waals surface area (Å²) >= 11 is 0. The van der Waals surface area contributed by atoms with E-state index in [1.807, 2.05) is 0 Å². The fourth-order valence-electron chi connectivity index (χ4n) is 4.01. The van der Waals surface area contributed by atoms with Gasteiger partial charge in [-0.25, -0.2) is 9.59 Å². The van der Waals surface area contributed by atoms with Crippen LogP contribution < -0.4 is 5.32 Å². The quantitative estimate of drug-likeness (QED) is 0.521. The molecule has 0 unspecified atom stereocenters. The van der Waals surface area contributed by atoms with E-state index in [0.717, 1.165) is 0 Å². The largest absolute Gasteiger partial charge is 0.454 e. The van der Waals surface area contributed by atoms with Crippen LogP contribution in [0.1, 0.15) is 37.5 Å². The minimum atomic E-state index is -0.997. The van der Waals surface area contributed by atoms with Crippen LogP contribution in [0.3, 0.4) is 0 Å². The summed E-state index contributed by atoms with van der Waals surface area (Å²) in [6.07, 6.45) is 1.30. The molecule has 1 fully saturated rings. The lowest BCUT2D eigenvalue weighted by Gasteiger charge is -2.27. The summed E-state index contributed by atoms with van der Waals surface area (Å²) in [5.41, 5.74) is 1.03. The van der Waals surface area contributed by atoms with Crippen molar-refractivity contribution in [2.75, 3.05) is 6.61 Å². The molecule has 34 heavy (non-hydrogen) atoms. The molecule has 1 amide bonds. The number of nitrogens with zero attached hydrogens (tertiary/aromatic N) is 1. The van der Waals surface area contributed by atoms with Gasteiger partial charge in [0.1, 0.15) is 6.10 Å². The third kappa shape index (κ3) is 5.29. The van der Waals surface area contributed by atoms with Crippen molar-refractivity contribution in [3.05, 3.63) is 102 Å². The normalized spacial score (nSPS) is 21.4. The fraction of sp³-hybridized carbons (Fsp3) is 0.231. The molecule has 1 heterocycles. The molecule has 0 spiro atoms. The summed E-state index contributed by atoms with van der Waals surface area (Å²) < 4.78 is 11.5. The molecule has 1 aliphatic rings. The maximum Gasteiger partial charge on any atom is 0.338 e. The zero-order chi connectivity index (χ0) is 23.9. The number of nitrogens with one attached hydrogen (secondary N) is 1. The number of aliphatic hydroxyl groups is 1. The Bertz CT molecular complexity index is 1120. The molecule has 1 aliphatic carbocycles. The standard InChI is InChI=1S/C26H24N2O6/c29-16-20-15-21(28-24(30)17-11-13-27-14-12-17)23(34-26(32)19-9-5-2-6-10-19)22(20)33-25(31)18-7-3-1-4-8-18/h1-14,20-23,29H,15-16H2,(H,28,30)/t20-,21-,22-,23+/m1/s1. The number of aromatic nitrogens is 1. The third-order valence-electron chi connectivity index (χ3n) is 5.74. The second-order valence-corrected chi connectivity index (χ2v) is 7.97. The van der Waals surface area contributed by atoms with Crippen molar-refractivity contribution in [1.82, 2.24) is 10.3 Å². The molecule has 1 saturated carbocycles. The Balaban J connectivity index is 1.59. The van der Waals surface area contributed by atoms with Gasteiger partial charge in [0.25, 0.3) is 5.91 Å². The molecular weight excluding hydrogens is 436 g/mol. The van der Waals surface area contributed by atoms with Crippen molar-refractivity contribution in [3.8, 4) is 0 Å². The molecule has 1 aromatic heterocycles. The number of amides is 1. The van der Waals surface area contributed by atoms with Gasteiger partial charge in [-0.3, -0.25) is 9.78 Å². The zero-order valence-electron chi connectivity index (χ0n) is 18.2.